The Hall–Kier alpha value is -1.12. The van der Waals surface area contributed by atoms with Gasteiger partial charge >= 0.3 is 5.97 Å². The number of esters is 1. The molecule has 4 aliphatic carbocycles. The molecule has 3 saturated carbocycles. The van der Waals surface area contributed by atoms with E-state index in [4.69, 9.17) is 4.74 Å². The number of ether oxygens (including phenoxy) is 1. The highest BCUT2D eigenvalue weighted by Crippen LogP contribution is 2.63. The van der Waals surface area contributed by atoms with Gasteiger partial charge in [0.05, 0.1) is 0 Å². The van der Waals surface area contributed by atoms with E-state index in [2.05, 4.69) is 13.8 Å². The van der Waals surface area contributed by atoms with Crippen molar-refractivity contribution in [1.29, 1.82) is 0 Å². The third kappa shape index (κ3) is 2.38. The van der Waals surface area contributed by atoms with Gasteiger partial charge in [-0.25, -0.2) is 0 Å². The molecule has 0 amide bonds. The highest BCUT2D eigenvalue weighted by molar-refractivity contribution is 5.91. The molecule has 0 aromatic rings. The molecule has 0 bridgehead atoms. The van der Waals surface area contributed by atoms with Gasteiger partial charge < -0.3 is 4.74 Å². The number of hydrogen-bond donors (Lipinski definition) is 0. The summed E-state index contributed by atoms with van der Waals surface area (Å²) in [5, 5.41) is 0. The SMILES string of the molecule is CC(=O)OC1CCC2C3C(C)CC4=CC(=O)CCC4C3CC[C@]12C. The van der Waals surface area contributed by atoms with Gasteiger partial charge in [0.2, 0.25) is 0 Å². The highest BCUT2D eigenvalue weighted by Gasteiger charge is 2.58. The predicted octanol–water partition coefficient (Wildman–Crippen LogP) is 4.31. The van der Waals surface area contributed by atoms with Gasteiger partial charge in [0, 0.05) is 18.8 Å². The van der Waals surface area contributed by atoms with Crippen LogP contribution in [0.5, 0.6) is 0 Å². The topological polar surface area (TPSA) is 43.4 Å². The normalized spacial score (nSPS) is 47.3. The van der Waals surface area contributed by atoms with E-state index >= 15 is 0 Å². The van der Waals surface area contributed by atoms with Crippen LogP contribution in [0.3, 0.4) is 0 Å². The molecule has 4 rings (SSSR count). The minimum atomic E-state index is -0.128. The second-order valence-electron chi connectivity index (χ2n) is 9.08. The van der Waals surface area contributed by atoms with Crippen LogP contribution in [0, 0.1) is 35.0 Å². The highest BCUT2D eigenvalue weighted by atomic mass is 16.5. The van der Waals surface area contributed by atoms with Crippen LogP contribution in [0.4, 0.5) is 0 Å². The van der Waals surface area contributed by atoms with Crippen molar-refractivity contribution in [1.82, 2.24) is 0 Å². The van der Waals surface area contributed by atoms with Crippen LogP contribution in [-0.4, -0.2) is 17.9 Å². The standard InChI is InChI=1S/C21H30O3/c1-12-10-14-11-15(23)4-5-16(14)17-8-9-21(3)18(20(12)17)6-7-19(21)24-13(2)22/h11-12,16-20H,4-10H2,1-3H3/t12?,16?,17?,18?,19?,20?,21-/m0/s1. The Labute approximate surface area is 145 Å². The zero-order chi connectivity index (χ0) is 17.1. The first kappa shape index (κ1) is 16.4. The molecule has 132 valence electrons. The smallest absolute Gasteiger partial charge is 0.302 e. The summed E-state index contributed by atoms with van der Waals surface area (Å²) in [6.07, 6.45) is 9.62. The lowest BCUT2D eigenvalue weighted by Gasteiger charge is -2.55. The van der Waals surface area contributed by atoms with Gasteiger partial charge in [-0.1, -0.05) is 19.4 Å². The molecule has 7 atom stereocenters. The fraction of sp³-hybridized carbons (Fsp3) is 0.810. The molecule has 0 aliphatic heterocycles. The Balaban J connectivity index is 1.62. The largest absolute Gasteiger partial charge is 0.462 e. The van der Waals surface area contributed by atoms with E-state index in [1.54, 1.807) is 6.92 Å². The Morgan fingerprint density at radius 1 is 1.25 bits per heavy atom. The van der Waals surface area contributed by atoms with Gasteiger partial charge in [-0.3, -0.25) is 9.59 Å². The summed E-state index contributed by atoms with van der Waals surface area (Å²) in [6.45, 7) is 6.30. The monoisotopic (exact) mass is 330 g/mol. The van der Waals surface area contributed by atoms with Gasteiger partial charge in [0.15, 0.2) is 5.78 Å². The lowest BCUT2D eigenvalue weighted by atomic mass is 9.49. The van der Waals surface area contributed by atoms with Crippen molar-refractivity contribution in [2.75, 3.05) is 0 Å². The summed E-state index contributed by atoms with van der Waals surface area (Å²) in [5.41, 5.74) is 1.60. The summed E-state index contributed by atoms with van der Waals surface area (Å²) in [4.78, 5) is 23.4. The van der Waals surface area contributed by atoms with Crippen molar-refractivity contribution < 1.29 is 14.3 Å². The Bertz CT molecular complexity index is 592. The fourth-order valence-electron chi connectivity index (χ4n) is 6.93. The van der Waals surface area contributed by atoms with E-state index < -0.39 is 0 Å². The van der Waals surface area contributed by atoms with Crippen LogP contribution >= 0.6 is 0 Å². The molecular weight excluding hydrogens is 300 g/mol. The maximum absolute atomic E-state index is 11.8. The second-order valence-corrected chi connectivity index (χ2v) is 9.08. The third-order valence-electron chi connectivity index (χ3n) is 7.86. The van der Waals surface area contributed by atoms with Crippen molar-refractivity contribution in [3.05, 3.63) is 11.6 Å². The van der Waals surface area contributed by atoms with Crippen molar-refractivity contribution in [2.24, 2.45) is 35.0 Å². The Morgan fingerprint density at radius 2 is 2.04 bits per heavy atom. The molecule has 3 fully saturated rings. The number of rotatable bonds is 1. The molecule has 6 unspecified atom stereocenters. The van der Waals surface area contributed by atoms with Crippen LogP contribution in [0.2, 0.25) is 0 Å². The molecule has 0 spiro atoms. The first-order valence-electron chi connectivity index (χ1n) is 9.80. The lowest BCUT2D eigenvalue weighted by molar-refractivity contribution is -0.157. The average Bonchev–Trinajstić information content (AvgIpc) is 2.83. The minimum absolute atomic E-state index is 0.109. The van der Waals surface area contributed by atoms with Crippen LogP contribution < -0.4 is 0 Å². The van der Waals surface area contributed by atoms with Crippen molar-refractivity contribution >= 4 is 11.8 Å². The van der Waals surface area contributed by atoms with Crippen molar-refractivity contribution in [3.63, 3.8) is 0 Å². The van der Waals surface area contributed by atoms with Crippen LogP contribution in [-0.2, 0) is 14.3 Å². The minimum Gasteiger partial charge on any atom is -0.462 e. The fourth-order valence-corrected chi connectivity index (χ4v) is 6.93. The van der Waals surface area contributed by atoms with E-state index in [1.165, 1.54) is 24.8 Å². The molecule has 0 aromatic heterocycles. The van der Waals surface area contributed by atoms with Gasteiger partial charge in [-0.05, 0) is 74.2 Å². The molecule has 0 radical (unpaired) electrons. The maximum Gasteiger partial charge on any atom is 0.302 e. The Morgan fingerprint density at radius 3 is 2.79 bits per heavy atom. The van der Waals surface area contributed by atoms with E-state index in [9.17, 15) is 9.59 Å². The number of hydrogen-bond acceptors (Lipinski definition) is 3. The van der Waals surface area contributed by atoms with Crippen molar-refractivity contribution in [2.45, 2.75) is 71.8 Å². The second kappa shape index (κ2) is 5.71. The number of fused-ring (bicyclic) bond motifs is 5. The molecule has 0 N–H and O–H groups in total. The third-order valence-corrected chi connectivity index (χ3v) is 7.86. The molecule has 4 aliphatic rings. The summed E-state index contributed by atoms with van der Waals surface area (Å²) >= 11 is 0. The molecule has 24 heavy (non-hydrogen) atoms. The quantitative estimate of drug-likeness (QED) is 0.673. The molecule has 0 heterocycles. The Kier molecular flexibility index (Phi) is 3.89. The molecule has 0 saturated heterocycles. The molecule has 3 nitrogen and oxygen atoms in total. The zero-order valence-corrected chi connectivity index (χ0v) is 15.2. The van der Waals surface area contributed by atoms with Gasteiger partial charge in [-0.2, -0.15) is 0 Å². The zero-order valence-electron chi connectivity index (χ0n) is 15.2. The molecule has 3 heteroatoms. The summed E-state index contributed by atoms with van der Waals surface area (Å²) in [5.74, 6) is 3.64. The number of allylic oxidation sites excluding steroid dienone is 1. The summed E-state index contributed by atoms with van der Waals surface area (Å²) < 4.78 is 5.72. The maximum atomic E-state index is 11.8. The van der Waals surface area contributed by atoms with E-state index in [-0.39, 0.29) is 17.5 Å². The van der Waals surface area contributed by atoms with Crippen LogP contribution in [0.25, 0.3) is 0 Å². The number of carbonyl (C=O) groups is 2. The van der Waals surface area contributed by atoms with E-state index in [0.29, 0.717) is 23.5 Å². The van der Waals surface area contributed by atoms with Crippen LogP contribution in [0.1, 0.15) is 65.7 Å². The van der Waals surface area contributed by atoms with Gasteiger partial charge in [-0.15, -0.1) is 0 Å². The first-order chi connectivity index (χ1) is 11.4. The van der Waals surface area contributed by atoms with Crippen LogP contribution in [0.15, 0.2) is 11.6 Å². The van der Waals surface area contributed by atoms with Gasteiger partial charge in [0.25, 0.3) is 0 Å². The summed E-state index contributed by atoms with van der Waals surface area (Å²) in [7, 11) is 0. The lowest BCUT2D eigenvalue weighted by Crippen LogP contribution is -2.50. The van der Waals surface area contributed by atoms with Gasteiger partial charge in [0.1, 0.15) is 6.10 Å². The number of carbonyl (C=O) groups excluding carboxylic acids is 2. The van der Waals surface area contributed by atoms with E-state index in [1.807, 2.05) is 6.08 Å². The van der Waals surface area contributed by atoms with E-state index in [0.717, 1.165) is 37.5 Å². The first-order valence-corrected chi connectivity index (χ1v) is 9.80. The predicted molar refractivity (Wildman–Crippen MR) is 92.2 cm³/mol. The van der Waals surface area contributed by atoms with Crippen molar-refractivity contribution in [3.8, 4) is 0 Å². The average molecular weight is 330 g/mol. The number of ketones is 1. The molecular formula is C21H30O3. The molecule has 0 aromatic carbocycles. The summed E-state index contributed by atoms with van der Waals surface area (Å²) in [6, 6.07) is 0.